The number of aliphatic carboxylic acids is 1. The Kier molecular flexibility index (Phi) is 3.69. The first kappa shape index (κ1) is 12.0. The summed E-state index contributed by atoms with van der Waals surface area (Å²) in [4.78, 5) is 10.5. The molecule has 0 amide bonds. The second kappa shape index (κ2) is 4.62. The Morgan fingerprint density at radius 3 is 2.53 bits per heavy atom. The zero-order valence-electron chi connectivity index (χ0n) is 8.70. The zero-order chi connectivity index (χ0) is 11.5. The largest absolute Gasteiger partial charge is 0.478 e. The molecule has 0 aromatic heterocycles. The highest BCUT2D eigenvalue weighted by molar-refractivity contribution is 9.10. The lowest BCUT2D eigenvalue weighted by atomic mass is 9.84. The molecule has 0 unspecified atom stereocenters. The van der Waals surface area contributed by atoms with Crippen LogP contribution in [-0.2, 0) is 10.2 Å². The Bertz CT molecular complexity index is 394. The van der Waals surface area contributed by atoms with E-state index >= 15 is 0 Å². The molecule has 0 saturated heterocycles. The lowest BCUT2D eigenvalue weighted by Crippen LogP contribution is -2.14. The Balaban J connectivity index is 3.06. The summed E-state index contributed by atoms with van der Waals surface area (Å²) in [6.07, 6.45) is 2.87. The number of carboxylic acids is 1. The van der Waals surface area contributed by atoms with Crippen molar-refractivity contribution < 1.29 is 9.90 Å². The van der Waals surface area contributed by atoms with E-state index in [2.05, 4.69) is 15.9 Å². The molecule has 15 heavy (non-hydrogen) atoms. The number of hydrogen-bond donors (Lipinski definition) is 1. The molecule has 0 aliphatic carbocycles. The van der Waals surface area contributed by atoms with Crippen molar-refractivity contribution in [1.82, 2.24) is 0 Å². The van der Waals surface area contributed by atoms with E-state index in [-0.39, 0.29) is 5.41 Å². The van der Waals surface area contributed by atoms with Crippen molar-refractivity contribution >= 4 is 21.9 Å². The van der Waals surface area contributed by atoms with Crippen molar-refractivity contribution in [3.63, 3.8) is 0 Å². The monoisotopic (exact) mass is 268 g/mol. The third-order valence-electron chi connectivity index (χ3n) is 2.21. The maximum atomic E-state index is 10.5. The minimum Gasteiger partial charge on any atom is -0.478 e. The molecule has 0 bridgehead atoms. The highest BCUT2D eigenvalue weighted by Gasteiger charge is 2.19. The van der Waals surface area contributed by atoms with Gasteiger partial charge in [0.25, 0.3) is 0 Å². The summed E-state index contributed by atoms with van der Waals surface area (Å²) in [6.45, 7) is 3.96. The van der Waals surface area contributed by atoms with Crippen molar-refractivity contribution in [2.24, 2.45) is 0 Å². The molecule has 1 rings (SSSR count). The third kappa shape index (κ3) is 3.20. The molecular weight excluding hydrogens is 256 g/mol. The van der Waals surface area contributed by atoms with Crippen LogP contribution in [0.4, 0.5) is 0 Å². The molecule has 0 heterocycles. The van der Waals surface area contributed by atoms with Crippen LogP contribution in [0.25, 0.3) is 0 Å². The van der Waals surface area contributed by atoms with E-state index in [1.165, 1.54) is 6.08 Å². The van der Waals surface area contributed by atoms with Crippen LogP contribution in [0.3, 0.4) is 0 Å². The summed E-state index contributed by atoms with van der Waals surface area (Å²) in [5, 5.41) is 8.59. The lowest BCUT2D eigenvalue weighted by Gasteiger charge is -2.22. The first-order chi connectivity index (χ1) is 6.93. The molecule has 1 aromatic carbocycles. The minimum absolute atomic E-state index is 0.293. The van der Waals surface area contributed by atoms with Crippen LogP contribution >= 0.6 is 15.9 Å². The molecule has 0 atom stereocenters. The highest BCUT2D eigenvalue weighted by Crippen LogP contribution is 2.30. The third-order valence-corrected chi connectivity index (χ3v) is 2.90. The molecule has 1 aromatic rings. The van der Waals surface area contributed by atoms with Crippen LogP contribution in [0.5, 0.6) is 0 Å². The Morgan fingerprint density at radius 2 is 2.00 bits per heavy atom. The first-order valence-electron chi connectivity index (χ1n) is 4.60. The number of halogens is 1. The smallest absolute Gasteiger partial charge is 0.328 e. The van der Waals surface area contributed by atoms with Gasteiger partial charge in [-0.15, -0.1) is 0 Å². The number of carbonyl (C=O) groups is 1. The lowest BCUT2D eigenvalue weighted by molar-refractivity contribution is -0.131. The Labute approximate surface area is 97.8 Å². The van der Waals surface area contributed by atoms with Crippen LogP contribution in [0.2, 0.25) is 0 Å². The minimum atomic E-state index is -0.921. The highest BCUT2D eigenvalue weighted by atomic mass is 79.9. The average Bonchev–Trinajstić information content (AvgIpc) is 2.15. The summed E-state index contributed by atoms with van der Waals surface area (Å²) in [5.74, 6) is -0.921. The number of benzene rings is 1. The maximum absolute atomic E-state index is 10.5. The van der Waals surface area contributed by atoms with Gasteiger partial charge >= 0.3 is 5.97 Å². The van der Waals surface area contributed by atoms with Crippen molar-refractivity contribution in [3.05, 3.63) is 46.5 Å². The van der Waals surface area contributed by atoms with E-state index in [0.717, 1.165) is 10.0 Å². The van der Waals surface area contributed by atoms with Crippen molar-refractivity contribution in [2.75, 3.05) is 0 Å². The van der Waals surface area contributed by atoms with Gasteiger partial charge in [0.1, 0.15) is 0 Å². The summed E-state index contributed by atoms with van der Waals surface area (Å²) in [7, 11) is 0. The molecule has 0 fully saturated rings. The molecule has 0 spiro atoms. The number of rotatable bonds is 3. The van der Waals surface area contributed by atoms with E-state index in [4.69, 9.17) is 5.11 Å². The van der Waals surface area contributed by atoms with Gasteiger partial charge in [-0.05, 0) is 11.6 Å². The Morgan fingerprint density at radius 1 is 1.40 bits per heavy atom. The van der Waals surface area contributed by atoms with Crippen LogP contribution in [-0.4, -0.2) is 11.1 Å². The van der Waals surface area contributed by atoms with E-state index in [1.807, 2.05) is 38.1 Å². The summed E-state index contributed by atoms with van der Waals surface area (Å²) >= 11 is 3.46. The van der Waals surface area contributed by atoms with Gasteiger partial charge in [0.15, 0.2) is 0 Å². The summed E-state index contributed by atoms with van der Waals surface area (Å²) in [5.41, 5.74) is 0.779. The van der Waals surface area contributed by atoms with Gasteiger partial charge in [0.05, 0.1) is 0 Å². The van der Waals surface area contributed by atoms with Crippen molar-refractivity contribution in [1.29, 1.82) is 0 Å². The van der Waals surface area contributed by atoms with E-state index in [9.17, 15) is 4.79 Å². The number of hydrogen-bond acceptors (Lipinski definition) is 1. The van der Waals surface area contributed by atoms with E-state index in [0.29, 0.717) is 0 Å². The van der Waals surface area contributed by atoms with Crippen molar-refractivity contribution in [3.8, 4) is 0 Å². The van der Waals surface area contributed by atoms with E-state index < -0.39 is 5.97 Å². The number of allylic oxidation sites excluding steroid dienone is 1. The SMILES string of the molecule is CC(C)(C=CC(=O)O)c1ccccc1Br. The second-order valence-electron chi connectivity index (χ2n) is 3.87. The normalized spacial score (nSPS) is 11.9. The standard InChI is InChI=1S/C12H13BrO2/c1-12(2,8-7-11(14)15)9-5-3-4-6-10(9)13/h3-8H,1-2H3,(H,14,15). The molecule has 0 saturated carbocycles. The first-order valence-corrected chi connectivity index (χ1v) is 5.40. The Hall–Kier alpha value is -1.09. The fraction of sp³-hybridized carbons (Fsp3) is 0.250. The topological polar surface area (TPSA) is 37.3 Å². The van der Waals surface area contributed by atoms with Gasteiger partial charge < -0.3 is 5.11 Å². The van der Waals surface area contributed by atoms with Gasteiger partial charge in [-0.3, -0.25) is 0 Å². The van der Waals surface area contributed by atoms with Gasteiger partial charge in [-0.25, -0.2) is 4.79 Å². The molecule has 0 aliphatic heterocycles. The molecule has 1 N–H and O–H groups in total. The van der Waals surface area contributed by atoms with Crippen molar-refractivity contribution in [2.45, 2.75) is 19.3 Å². The van der Waals surface area contributed by atoms with Gasteiger partial charge in [-0.2, -0.15) is 0 Å². The van der Waals surface area contributed by atoms with Gasteiger partial charge in [0, 0.05) is 16.0 Å². The van der Waals surface area contributed by atoms with Gasteiger partial charge in [-0.1, -0.05) is 54.1 Å². The predicted octanol–water partition coefficient (Wildman–Crippen LogP) is 3.37. The predicted molar refractivity (Wildman–Crippen MR) is 63.9 cm³/mol. The molecule has 0 aliphatic rings. The average molecular weight is 269 g/mol. The maximum Gasteiger partial charge on any atom is 0.328 e. The summed E-state index contributed by atoms with van der Waals surface area (Å²) in [6, 6.07) is 7.81. The zero-order valence-corrected chi connectivity index (χ0v) is 10.3. The van der Waals surface area contributed by atoms with Crippen LogP contribution in [0.1, 0.15) is 19.4 Å². The van der Waals surface area contributed by atoms with E-state index in [1.54, 1.807) is 6.08 Å². The molecular formula is C12H13BrO2. The van der Waals surface area contributed by atoms with Crippen LogP contribution in [0, 0.1) is 0 Å². The fourth-order valence-corrected chi connectivity index (χ4v) is 2.15. The van der Waals surface area contributed by atoms with Crippen LogP contribution < -0.4 is 0 Å². The number of carboxylic acid groups (broad SMARTS) is 1. The quantitative estimate of drug-likeness (QED) is 0.854. The van der Waals surface area contributed by atoms with Crippen LogP contribution in [0.15, 0.2) is 40.9 Å². The second-order valence-corrected chi connectivity index (χ2v) is 4.73. The van der Waals surface area contributed by atoms with Gasteiger partial charge in [0.2, 0.25) is 0 Å². The summed E-state index contributed by atoms with van der Waals surface area (Å²) < 4.78 is 0.991. The molecule has 3 heteroatoms. The fourth-order valence-electron chi connectivity index (χ4n) is 1.35. The molecule has 0 radical (unpaired) electrons. The molecule has 80 valence electrons. The molecule has 2 nitrogen and oxygen atoms in total.